The summed E-state index contributed by atoms with van der Waals surface area (Å²) in [6, 6.07) is 4.31. The number of benzene rings is 1. The Morgan fingerprint density at radius 1 is 1.50 bits per heavy atom. The zero-order valence-corrected chi connectivity index (χ0v) is 8.44. The van der Waals surface area contributed by atoms with E-state index in [2.05, 4.69) is 9.68 Å². The van der Waals surface area contributed by atoms with Gasteiger partial charge in [-0.15, -0.1) is 0 Å². The molecule has 0 aliphatic heterocycles. The van der Waals surface area contributed by atoms with Crippen LogP contribution in [-0.2, 0) is 0 Å². The molecule has 0 unspecified atom stereocenters. The zero-order chi connectivity index (χ0) is 11.5. The molecule has 1 heterocycles. The largest absolute Gasteiger partial charge is 0.494 e. The third-order valence-corrected chi connectivity index (χ3v) is 2.15. The molecule has 0 amide bonds. The number of methoxy groups -OCH3 is 1. The molecule has 0 aliphatic carbocycles. The standard InChI is InChI=1S/C11H8FNO3/c1-15-10-3-2-7(4-9(10)12)11-8(5-14)6-16-13-11/h2-6H,1H3. The fraction of sp³-hybridized carbons (Fsp3) is 0.0909. The highest BCUT2D eigenvalue weighted by molar-refractivity contribution is 5.84. The first-order valence-electron chi connectivity index (χ1n) is 4.49. The molecule has 1 aromatic carbocycles. The van der Waals surface area contributed by atoms with Crippen molar-refractivity contribution in [3.63, 3.8) is 0 Å². The van der Waals surface area contributed by atoms with Gasteiger partial charge in [0, 0.05) is 5.56 Å². The van der Waals surface area contributed by atoms with Gasteiger partial charge >= 0.3 is 0 Å². The van der Waals surface area contributed by atoms with Gasteiger partial charge < -0.3 is 9.26 Å². The number of aromatic nitrogens is 1. The number of carbonyl (C=O) groups is 1. The monoisotopic (exact) mass is 221 g/mol. The third-order valence-electron chi connectivity index (χ3n) is 2.15. The molecule has 82 valence electrons. The molecular formula is C11H8FNO3. The van der Waals surface area contributed by atoms with Gasteiger partial charge in [0.05, 0.1) is 12.7 Å². The predicted molar refractivity (Wildman–Crippen MR) is 53.8 cm³/mol. The lowest BCUT2D eigenvalue weighted by Gasteiger charge is -2.02. The van der Waals surface area contributed by atoms with Gasteiger partial charge in [0.25, 0.3) is 0 Å². The number of hydrogen-bond donors (Lipinski definition) is 0. The first kappa shape index (κ1) is 10.4. The molecule has 0 spiro atoms. The SMILES string of the molecule is COc1ccc(-c2nocc2C=O)cc1F. The van der Waals surface area contributed by atoms with Crippen LogP contribution < -0.4 is 4.74 Å². The van der Waals surface area contributed by atoms with Crippen LogP contribution in [0.25, 0.3) is 11.3 Å². The summed E-state index contributed by atoms with van der Waals surface area (Å²) in [6.07, 6.45) is 1.82. The van der Waals surface area contributed by atoms with Crippen molar-refractivity contribution in [1.82, 2.24) is 5.16 Å². The van der Waals surface area contributed by atoms with Gasteiger partial charge in [-0.05, 0) is 18.2 Å². The summed E-state index contributed by atoms with van der Waals surface area (Å²) in [5, 5.41) is 3.64. The molecule has 1 aromatic heterocycles. The number of halogens is 1. The van der Waals surface area contributed by atoms with E-state index in [9.17, 15) is 9.18 Å². The number of ether oxygens (including phenoxy) is 1. The smallest absolute Gasteiger partial charge is 0.165 e. The lowest BCUT2D eigenvalue weighted by Crippen LogP contribution is -1.90. The van der Waals surface area contributed by atoms with Crippen LogP contribution in [0.2, 0.25) is 0 Å². The Bertz CT molecular complexity index is 522. The Labute approximate surface area is 90.6 Å². The van der Waals surface area contributed by atoms with Crippen molar-refractivity contribution < 1.29 is 18.4 Å². The van der Waals surface area contributed by atoms with Crippen LogP contribution in [0.1, 0.15) is 10.4 Å². The third kappa shape index (κ3) is 1.67. The maximum absolute atomic E-state index is 13.4. The number of nitrogens with zero attached hydrogens (tertiary/aromatic N) is 1. The molecule has 5 heteroatoms. The molecule has 0 N–H and O–H groups in total. The van der Waals surface area contributed by atoms with Crippen LogP contribution in [0.5, 0.6) is 5.75 Å². The van der Waals surface area contributed by atoms with Gasteiger partial charge in [-0.25, -0.2) is 4.39 Å². The van der Waals surface area contributed by atoms with Gasteiger partial charge in [0.15, 0.2) is 17.9 Å². The summed E-state index contributed by atoms with van der Waals surface area (Å²) < 4.78 is 22.8. The van der Waals surface area contributed by atoms with Crippen LogP contribution in [-0.4, -0.2) is 18.6 Å². The molecule has 0 bridgehead atoms. The van der Waals surface area contributed by atoms with Gasteiger partial charge in [-0.1, -0.05) is 5.16 Å². The quantitative estimate of drug-likeness (QED) is 0.746. The minimum Gasteiger partial charge on any atom is -0.494 e. The zero-order valence-electron chi connectivity index (χ0n) is 8.44. The van der Waals surface area contributed by atoms with Crippen LogP contribution >= 0.6 is 0 Å². The van der Waals surface area contributed by atoms with E-state index in [1.165, 1.54) is 25.5 Å². The Balaban J connectivity index is 2.49. The van der Waals surface area contributed by atoms with Gasteiger partial charge in [0.2, 0.25) is 0 Å². The summed E-state index contributed by atoms with van der Waals surface area (Å²) in [5.41, 5.74) is 1.07. The molecule has 0 saturated heterocycles. The van der Waals surface area contributed by atoms with Gasteiger partial charge in [0.1, 0.15) is 12.0 Å². The average Bonchev–Trinajstić information content (AvgIpc) is 2.77. The number of rotatable bonds is 3. The molecule has 2 aromatic rings. The molecule has 0 aliphatic rings. The summed E-state index contributed by atoms with van der Waals surface area (Å²) in [7, 11) is 1.38. The first-order valence-corrected chi connectivity index (χ1v) is 4.49. The van der Waals surface area contributed by atoms with Crippen LogP contribution in [0.15, 0.2) is 29.0 Å². The highest BCUT2D eigenvalue weighted by Crippen LogP contribution is 2.26. The first-order chi connectivity index (χ1) is 7.76. The molecule has 16 heavy (non-hydrogen) atoms. The van der Waals surface area contributed by atoms with Crippen molar-refractivity contribution in [3.05, 3.63) is 35.8 Å². The lowest BCUT2D eigenvalue weighted by molar-refractivity contribution is 0.112. The van der Waals surface area contributed by atoms with Gasteiger partial charge in [-0.3, -0.25) is 4.79 Å². The van der Waals surface area contributed by atoms with Crippen LogP contribution in [0.4, 0.5) is 4.39 Å². The second-order valence-corrected chi connectivity index (χ2v) is 3.09. The summed E-state index contributed by atoms with van der Waals surface area (Å²) in [4.78, 5) is 10.7. The molecular weight excluding hydrogens is 213 g/mol. The highest BCUT2D eigenvalue weighted by Gasteiger charge is 2.12. The Kier molecular flexibility index (Phi) is 2.68. The van der Waals surface area contributed by atoms with E-state index in [0.29, 0.717) is 17.5 Å². The summed E-state index contributed by atoms with van der Waals surface area (Å²) >= 11 is 0. The molecule has 0 atom stereocenters. The topological polar surface area (TPSA) is 52.3 Å². The molecule has 4 nitrogen and oxygen atoms in total. The second-order valence-electron chi connectivity index (χ2n) is 3.09. The van der Waals surface area contributed by atoms with E-state index >= 15 is 0 Å². The number of hydrogen-bond acceptors (Lipinski definition) is 4. The summed E-state index contributed by atoms with van der Waals surface area (Å²) in [5.74, 6) is -0.375. The van der Waals surface area contributed by atoms with Gasteiger partial charge in [-0.2, -0.15) is 0 Å². The maximum atomic E-state index is 13.4. The van der Waals surface area contributed by atoms with E-state index in [1.807, 2.05) is 0 Å². The minimum atomic E-state index is -0.514. The Hall–Kier alpha value is -2.17. The molecule has 0 saturated carbocycles. The van der Waals surface area contributed by atoms with E-state index in [0.717, 1.165) is 0 Å². The van der Waals surface area contributed by atoms with E-state index in [1.54, 1.807) is 6.07 Å². The Morgan fingerprint density at radius 2 is 2.31 bits per heavy atom. The van der Waals surface area contributed by atoms with E-state index in [4.69, 9.17) is 4.74 Å². The van der Waals surface area contributed by atoms with Crippen molar-refractivity contribution >= 4 is 6.29 Å². The maximum Gasteiger partial charge on any atom is 0.165 e. The average molecular weight is 221 g/mol. The predicted octanol–water partition coefficient (Wildman–Crippen LogP) is 2.30. The van der Waals surface area contributed by atoms with E-state index in [-0.39, 0.29) is 11.3 Å². The fourth-order valence-corrected chi connectivity index (χ4v) is 1.36. The van der Waals surface area contributed by atoms with Crippen molar-refractivity contribution in [2.24, 2.45) is 0 Å². The highest BCUT2D eigenvalue weighted by atomic mass is 19.1. The number of carbonyl (C=O) groups excluding carboxylic acids is 1. The van der Waals surface area contributed by atoms with Crippen molar-refractivity contribution in [1.29, 1.82) is 0 Å². The van der Waals surface area contributed by atoms with Crippen molar-refractivity contribution in [2.45, 2.75) is 0 Å². The Morgan fingerprint density at radius 3 is 2.94 bits per heavy atom. The number of aldehydes is 1. The fourth-order valence-electron chi connectivity index (χ4n) is 1.36. The molecule has 2 rings (SSSR count). The van der Waals surface area contributed by atoms with Crippen molar-refractivity contribution in [2.75, 3.05) is 7.11 Å². The van der Waals surface area contributed by atoms with Crippen LogP contribution in [0.3, 0.4) is 0 Å². The minimum absolute atomic E-state index is 0.139. The molecule has 0 radical (unpaired) electrons. The van der Waals surface area contributed by atoms with Crippen LogP contribution in [0, 0.1) is 5.82 Å². The lowest BCUT2D eigenvalue weighted by atomic mass is 10.1. The second kappa shape index (κ2) is 4.14. The van der Waals surface area contributed by atoms with Crippen molar-refractivity contribution in [3.8, 4) is 17.0 Å². The molecule has 0 fully saturated rings. The normalized spacial score (nSPS) is 10.1. The summed E-state index contributed by atoms with van der Waals surface area (Å²) in [6.45, 7) is 0. The van der Waals surface area contributed by atoms with E-state index < -0.39 is 5.82 Å².